The van der Waals surface area contributed by atoms with Crippen molar-refractivity contribution in [2.75, 3.05) is 0 Å². The lowest BCUT2D eigenvalue weighted by atomic mass is 9.96. The first-order chi connectivity index (χ1) is 13.8. The summed E-state index contributed by atoms with van der Waals surface area (Å²) in [6.07, 6.45) is 15.6. The monoisotopic (exact) mass is 352 g/mol. The topological polar surface area (TPSA) is 47.6 Å². The second-order valence-electron chi connectivity index (χ2n) is 6.21. The molecule has 0 atom stereocenters. The summed E-state index contributed by atoms with van der Waals surface area (Å²) in [5.74, 6) is 14.6. The molecule has 0 aromatic heterocycles. The number of nitrogens with zero attached hydrogens (tertiary/aromatic N) is 2. The van der Waals surface area contributed by atoms with Gasteiger partial charge >= 0.3 is 0 Å². The van der Waals surface area contributed by atoms with E-state index in [1.54, 1.807) is 12.1 Å². The highest BCUT2D eigenvalue weighted by Gasteiger charge is 2.15. The van der Waals surface area contributed by atoms with Crippen LogP contribution < -0.4 is 0 Å². The van der Waals surface area contributed by atoms with E-state index in [1.165, 1.54) is 0 Å². The van der Waals surface area contributed by atoms with E-state index < -0.39 is 0 Å². The van der Waals surface area contributed by atoms with Gasteiger partial charge in [0.1, 0.15) is 12.1 Å². The van der Waals surface area contributed by atoms with E-state index >= 15 is 0 Å². The zero-order valence-corrected chi connectivity index (χ0v) is 14.8. The summed E-state index contributed by atoms with van der Waals surface area (Å²) < 4.78 is 0. The summed E-state index contributed by atoms with van der Waals surface area (Å²) in [4.78, 5) is 0. The van der Waals surface area contributed by atoms with Crippen molar-refractivity contribution in [3.8, 4) is 35.8 Å². The Labute approximate surface area is 167 Å². The highest BCUT2D eigenvalue weighted by molar-refractivity contribution is 5.89. The quantitative estimate of drug-likeness (QED) is 0.670. The van der Waals surface area contributed by atoms with Crippen LogP contribution in [0, 0.1) is 110 Å². The van der Waals surface area contributed by atoms with E-state index in [1.807, 2.05) is 63.5 Å². The van der Waals surface area contributed by atoms with Crippen LogP contribution in [-0.4, -0.2) is 0 Å². The average Bonchev–Trinajstić information content (AvgIpc) is 3.43. The molecular weight excluding hydrogens is 340 g/mol. The third-order valence-corrected chi connectivity index (χ3v) is 4.36. The first-order valence-corrected chi connectivity index (χ1v) is 8.66. The molecule has 2 fully saturated rings. The molecule has 2 aromatic rings. The fourth-order valence-electron chi connectivity index (χ4n) is 2.94. The molecule has 2 saturated carbocycles. The lowest BCUT2D eigenvalue weighted by Gasteiger charge is -2.05. The fraction of sp³-hybridized carbons (Fsp3) is 0. The molecule has 126 valence electrons. The second kappa shape index (κ2) is 8.22. The Bertz CT molecular complexity index is 1020. The van der Waals surface area contributed by atoms with Crippen LogP contribution >= 0.6 is 0 Å². The van der Waals surface area contributed by atoms with Crippen LogP contribution in [0.5, 0.6) is 0 Å². The molecule has 2 nitrogen and oxygen atoms in total. The number of hydrogen-bond acceptors (Lipinski definition) is 2. The van der Waals surface area contributed by atoms with Crippen LogP contribution in [0.25, 0.3) is 10.8 Å². The van der Waals surface area contributed by atoms with Crippen LogP contribution in [0.2, 0.25) is 0 Å². The maximum atomic E-state index is 9.30. The van der Waals surface area contributed by atoms with Crippen LogP contribution in [0.4, 0.5) is 0 Å². The normalized spacial score (nSPS) is 16.6. The minimum atomic E-state index is 0.362. The van der Waals surface area contributed by atoms with Gasteiger partial charge in [-0.25, -0.2) is 0 Å². The third-order valence-electron chi connectivity index (χ3n) is 4.36. The van der Waals surface area contributed by atoms with E-state index in [9.17, 15) is 10.5 Å². The lowest BCUT2D eigenvalue weighted by molar-refractivity contribution is 1.42. The molecule has 0 saturated heterocycles. The van der Waals surface area contributed by atoms with E-state index in [0.717, 1.165) is 33.7 Å². The van der Waals surface area contributed by atoms with E-state index in [-0.39, 0.29) is 0 Å². The summed E-state index contributed by atoms with van der Waals surface area (Å²) in [6, 6.07) is 11.5. The van der Waals surface area contributed by atoms with Crippen molar-refractivity contribution in [2.24, 2.45) is 0 Å². The Kier molecular flexibility index (Phi) is 5.34. The molecule has 28 heavy (non-hydrogen) atoms. The maximum Gasteiger partial charge on any atom is 0.101 e. The first kappa shape index (κ1) is 18.2. The average molecular weight is 352 g/mol. The van der Waals surface area contributed by atoms with Gasteiger partial charge in [0, 0.05) is 11.1 Å². The Balaban J connectivity index is 1.81. The van der Waals surface area contributed by atoms with Gasteiger partial charge in [-0.1, -0.05) is 23.7 Å². The number of benzene rings is 2. The molecule has 0 unspecified atom stereocenters. The molecule has 10 radical (unpaired) electrons. The molecule has 0 spiro atoms. The summed E-state index contributed by atoms with van der Waals surface area (Å²) in [6.45, 7) is 0. The van der Waals surface area contributed by atoms with E-state index in [4.69, 9.17) is 0 Å². The minimum Gasteiger partial charge on any atom is -0.192 e. The van der Waals surface area contributed by atoms with Crippen LogP contribution in [-0.2, 0) is 0 Å². The molecular formula is C26H12N2. The predicted octanol–water partition coefficient (Wildman–Crippen LogP) is 4.10. The molecule has 2 aromatic carbocycles. The lowest BCUT2D eigenvalue weighted by Crippen LogP contribution is -1.92. The highest BCUT2D eigenvalue weighted by atomic mass is 14.3. The van der Waals surface area contributed by atoms with E-state index in [0.29, 0.717) is 11.1 Å². The van der Waals surface area contributed by atoms with Gasteiger partial charge in [-0.3, -0.25) is 0 Å². The smallest absolute Gasteiger partial charge is 0.101 e. The maximum absolute atomic E-state index is 9.30. The summed E-state index contributed by atoms with van der Waals surface area (Å²) in [7, 11) is 0. The summed E-state index contributed by atoms with van der Waals surface area (Å²) in [5, 5.41) is 20.3. The molecule has 2 aliphatic carbocycles. The zero-order valence-electron chi connectivity index (χ0n) is 14.8. The van der Waals surface area contributed by atoms with Crippen LogP contribution in [0.15, 0.2) is 24.3 Å². The largest absolute Gasteiger partial charge is 0.192 e. The standard InChI is InChI=1S/C26H12N2/c27-17-25-15-23-13-21(11-9-19-5-1-2-6-19)22(12-10-20-7-3-4-8-20)14-24(23)16-26(25)18-28/h1-8,13-16H. The van der Waals surface area contributed by atoms with Crippen LogP contribution in [0.3, 0.4) is 0 Å². The van der Waals surface area contributed by atoms with Crippen molar-refractivity contribution in [1.29, 1.82) is 10.5 Å². The zero-order chi connectivity index (χ0) is 19.3. The van der Waals surface area contributed by atoms with Gasteiger partial charge in [0.15, 0.2) is 0 Å². The molecule has 0 aliphatic heterocycles. The van der Waals surface area contributed by atoms with Crippen molar-refractivity contribution < 1.29 is 0 Å². The highest BCUT2D eigenvalue weighted by Crippen LogP contribution is 2.26. The number of rotatable bonds is 0. The minimum absolute atomic E-state index is 0.362. The molecule has 0 bridgehead atoms. The third kappa shape index (κ3) is 3.89. The predicted molar refractivity (Wildman–Crippen MR) is 108 cm³/mol. The van der Waals surface area contributed by atoms with Gasteiger partial charge in [0.05, 0.1) is 23.0 Å². The molecule has 0 heterocycles. The van der Waals surface area contributed by atoms with Crippen molar-refractivity contribution in [3.05, 3.63) is 110 Å². The van der Waals surface area contributed by atoms with Gasteiger partial charge in [-0.2, -0.15) is 10.5 Å². The van der Waals surface area contributed by atoms with Crippen molar-refractivity contribution >= 4 is 10.8 Å². The Morgan fingerprint density at radius 3 is 1.18 bits per heavy atom. The van der Waals surface area contributed by atoms with Gasteiger partial charge < -0.3 is 0 Å². The van der Waals surface area contributed by atoms with Crippen molar-refractivity contribution in [2.45, 2.75) is 0 Å². The van der Waals surface area contributed by atoms with Gasteiger partial charge in [-0.05, 0) is 86.4 Å². The molecule has 2 heteroatoms. The Hall–Kier alpha value is -3.20. The molecule has 4 rings (SSSR count). The number of hydrogen-bond donors (Lipinski definition) is 0. The first-order valence-electron chi connectivity index (χ1n) is 8.66. The van der Waals surface area contributed by atoms with E-state index in [2.05, 4.69) is 35.8 Å². The fourth-order valence-corrected chi connectivity index (χ4v) is 2.94. The van der Waals surface area contributed by atoms with Crippen LogP contribution in [0.1, 0.15) is 22.3 Å². The summed E-state index contributed by atoms with van der Waals surface area (Å²) in [5.41, 5.74) is 2.31. The van der Waals surface area contributed by atoms with Crippen molar-refractivity contribution in [1.82, 2.24) is 0 Å². The SMILES string of the molecule is N#Cc1cc2cc(C#C[C]3[CH][CH][CH][CH]3)c(C#C[C]3[CH][CH][CH][CH]3)cc2cc1C#N. The molecule has 0 amide bonds. The van der Waals surface area contributed by atoms with Gasteiger partial charge in [-0.15, -0.1) is 0 Å². The summed E-state index contributed by atoms with van der Waals surface area (Å²) >= 11 is 0. The molecule has 2 aliphatic rings. The Morgan fingerprint density at radius 1 is 0.464 bits per heavy atom. The van der Waals surface area contributed by atoms with Crippen molar-refractivity contribution in [3.63, 3.8) is 0 Å². The van der Waals surface area contributed by atoms with Gasteiger partial charge in [0.25, 0.3) is 0 Å². The number of nitriles is 2. The Morgan fingerprint density at radius 2 is 0.821 bits per heavy atom. The van der Waals surface area contributed by atoms with Gasteiger partial charge in [0.2, 0.25) is 0 Å². The second-order valence-corrected chi connectivity index (χ2v) is 6.21. The number of fused-ring (bicyclic) bond motifs is 1. The molecule has 0 N–H and O–H groups in total.